The van der Waals surface area contributed by atoms with E-state index in [-0.39, 0.29) is 17.3 Å². The van der Waals surface area contributed by atoms with Crippen molar-refractivity contribution in [2.24, 2.45) is 0 Å². The van der Waals surface area contributed by atoms with Gasteiger partial charge >= 0.3 is 5.97 Å². The molecule has 3 rings (SSSR count). The SMILES string of the molecule is CC(C)(C)OC(=O)Cc1ccc2ccn(S(=O)(=O)c3ccccc3)c2c1. The standard InChI is InChI=1S/C20H21NO4S/c1-20(2,3)25-19(22)14-15-9-10-16-11-12-21(18(16)13-15)26(23,24)17-7-5-4-6-8-17/h4-13H,14H2,1-3H3. The number of aromatic nitrogens is 1. The van der Waals surface area contributed by atoms with E-state index in [1.807, 2.05) is 32.9 Å². The Balaban J connectivity index is 1.98. The number of ether oxygens (including phenoxy) is 1. The van der Waals surface area contributed by atoms with E-state index < -0.39 is 15.6 Å². The monoisotopic (exact) mass is 371 g/mol. The summed E-state index contributed by atoms with van der Waals surface area (Å²) >= 11 is 0. The minimum Gasteiger partial charge on any atom is -0.460 e. The molecule has 0 fully saturated rings. The minimum absolute atomic E-state index is 0.0871. The Hall–Kier alpha value is -2.60. The second-order valence-electron chi connectivity index (χ2n) is 7.09. The number of carbonyl (C=O) groups is 1. The molecule has 0 amide bonds. The number of hydrogen-bond acceptors (Lipinski definition) is 4. The lowest BCUT2D eigenvalue weighted by atomic mass is 10.1. The van der Waals surface area contributed by atoms with Crippen LogP contribution in [0.15, 0.2) is 65.7 Å². The van der Waals surface area contributed by atoms with Crippen LogP contribution in [-0.4, -0.2) is 24.0 Å². The molecule has 0 aliphatic rings. The van der Waals surface area contributed by atoms with Crippen molar-refractivity contribution in [3.8, 4) is 0 Å². The fourth-order valence-electron chi connectivity index (χ4n) is 2.72. The molecule has 1 heterocycles. The third-order valence-electron chi connectivity index (χ3n) is 3.79. The number of rotatable bonds is 4. The third-order valence-corrected chi connectivity index (χ3v) is 5.49. The van der Waals surface area contributed by atoms with Crippen molar-refractivity contribution in [2.45, 2.75) is 37.7 Å². The van der Waals surface area contributed by atoms with Crippen molar-refractivity contribution in [1.29, 1.82) is 0 Å². The molecule has 0 saturated carbocycles. The molecule has 0 atom stereocenters. The van der Waals surface area contributed by atoms with Crippen LogP contribution in [0.5, 0.6) is 0 Å². The van der Waals surface area contributed by atoms with Gasteiger partial charge in [0.1, 0.15) is 5.60 Å². The smallest absolute Gasteiger partial charge is 0.310 e. The number of carbonyl (C=O) groups excluding carboxylic acids is 1. The third kappa shape index (κ3) is 3.80. The molecule has 0 radical (unpaired) electrons. The zero-order valence-electron chi connectivity index (χ0n) is 15.0. The van der Waals surface area contributed by atoms with Gasteiger partial charge in [-0.15, -0.1) is 0 Å². The van der Waals surface area contributed by atoms with Gasteiger partial charge in [-0.2, -0.15) is 0 Å². The second-order valence-corrected chi connectivity index (χ2v) is 8.90. The summed E-state index contributed by atoms with van der Waals surface area (Å²) in [7, 11) is -3.70. The van der Waals surface area contributed by atoms with Gasteiger partial charge in [0.25, 0.3) is 10.0 Å². The van der Waals surface area contributed by atoms with Crippen molar-refractivity contribution < 1.29 is 17.9 Å². The van der Waals surface area contributed by atoms with E-state index in [0.717, 1.165) is 5.39 Å². The molecular formula is C20H21NO4S. The summed E-state index contributed by atoms with van der Waals surface area (Å²) in [6.45, 7) is 5.43. The highest BCUT2D eigenvalue weighted by molar-refractivity contribution is 7.90. The summed E-state index contributed by atoms with van der Waals surface area (Å²) in [5, 5.41) is 0.789. The van der Waals surface area contributed by atoms with Gasteiger partial charge in [0.05, 0.1) is 16.8 Å². The van der Waals surface area contributed by atoms with Crippen LogP contribution in [-0.2, 0) is 26.0 Å². The van der Waals surface area contributed by atoms with Crippen molar-refractivity contribution >= 4 is 26.9 Å². The van der Waals surface area contributed by atoms with Gasteiger partial charge in [0.2, 0.25) is 0 Å². The summed E-state index contributed by atoms with van der Waals surface area (Å²) in [5.74, 6) is -0.346. The Bertz CT molecular complexity index is 1040. The number of fused-ring (bicyclic) bond motifs is 1. The Kier molecular flexibility index (Phi) is 4.63. The average molecular weight is 371 g/mol. The molecule has 0 unspecified atom stereocenters. The topological polar surface area (TPSA) is 65.4 Å². The predicted octanol–water partition coefficient (Wildman–Crippen LogP) is 3.76. The van der Waals surface area contributed by atoms with Gasteiger partial charge in [-0.25, -0.2) is 12.4 Å². The highest BCUT2D eigenvalue weighted by Gasteiger charge is 2.20. The lowest BCUT2D eigenvalue weighted by molar-refractivity contribution is -0.153. The molecule has 5 nitrogen and oxygen atoms in total. The molecule has 0 N–H and O–H groups in total. The van der Waals surface area contributed by atoms with E-state index in [2.05, 4.69) is 0 Å². The van der Waals surface area contributed by atoms with Crippen LogP contribution in [0.25, 0.3) is 10.9 Å². The highest BCUT2D eigenvalue weighted by atomic mass is 32.2. The molecule has 0 bridgehead atoms. The van der Waals surface area contributed by atoms with Crippen molar-refractivity contribution in [1.82, 2.24) is 3.97 Å². The van der Waals surface area contributed by atoms with Crippen molar-refractivity contribution in [3.05, 3.63) is 66.4 Å². The van der Waals surface area contributed by atoms with Crippen LogP contribution in [0.4, 0.5) is 0 Å². The first-order valence-electron chi connectivity index (χ1n) is 8.29. The lowest BCUT2D eigenvalue weighted by Gasteiger charge is -2.19. The van der Waals surface area contributed by atoms with Crippen LogP contribution in [0.2, 0.25) is 0 Å². The fourth-order valence-corrected chi connectivity index (χ4v) is 4.09. The molecule has 1 aromatic heterocycles. The van der Waals surface area contributed by atoms with Gasteiger partial charge in [-0.05, 0) is 50.6 Å². The first-order chi connectivity index (χ1) is 12.2. The molecule has 136 valence electrons. The van der Waals surface area contributed by atoms with Gasteiger partial charge in [-0.1, -0.05) is 30.3 Å². The van der Waals surface area contributed by atoms with Gasteiger partial charge < -0.3 is 4.74 Å². The van der Waals surface area contributed by atoms with Crippen LogP contribution in [0, 0.1) is 0 Å². The largest absolute Gasteiger partial charge is 0.460 e. The Labute approximate surface area is 153 Å². The summed E-state index contributed by atoms with van der Waals surface area (Å²) in [4.78, 5) is 12.3. The number of benzene rings is 2. The molecule has 0 saturated heterocycles. The maximum atomic E-state index is 12.9. The first-order valence-corrected chi connectivity index (χ1v) is 9.73. The van der Waals surface area contributed by atoms with E-state index in [9.17, 15) is 13.2 Å². The first kappa shape index (κ1) is 18.2. The van der Waals surface area contributed by atoms with E-state index in [0.29, 0.717) is 11.1 Å². The van der Waals surface area contributed by atoms with E-state index in [1.165, 1.54) is 10.2 Å². The molecule has 6 heteroatoms. The molecule has 2 aromatic carbocycles. The lowest BCUT2D eigenvalue weighted by Crippen LogP contribution is -2.24. The predicted molar refractivity (Wildman–Crippen MR) is 101 cm³/mol. The highest BCUT2D eigenvalue weighted by Crippen LogP contribution is 2.24. The van der Waals surface area contributed by atoms with Gasteiger partial charge in [0, 0.05) is 11.6 Å². The normalized spacial score (nSPS) is 12.3. The number of hydrogen-bond donors (Lipinski definition) is 0. The zero-order chi connectivity index (χ0) is 18.9. The molecule has 0 aliphatic carbocycles. The maximum Gasteiger partial charge on any atom is 0.310 e. The molecule has 0 spiro atoms. The number of nitrogens with zero attached hydrogens (tertiary/aromatic N) is 1. The second kappa shape index (κ2) is 6.61. The van der Waals surface area contributed by atoms with Gasteiger partial charge in [-0.3, -0.25) is 4.79 Å². The minimum atomic E-state index is -3.70. The van der Waals surface area contributed by atoms with Crippen molar-refractivity contribution in [2.75, 3.05) is 0 Å². The molecule has 3 aromatic rings. The zero-order valence-corrected chi connectivity index (χ0v) is 15.8. The van der Waals surface area contributed by atoms with Crippen molar-refractivity contribution in [3.63, 3.8) is 0 Å². The van der Waals surface area contributed by atoms with Crippen LogP contribution in [0.1, 0.15) is 26.3 Å². The number of esters is 1. The van der Waals surface area contributed by atoms with E-state index in [4.69, 9.17) is 4.74 Å². The van der Waals surface area contributed by atoms with E-state index in [1.54, 1.807) is 42.5 Å². The molecule has 0 aliphatic heterocycles. The summed E-state index contributed by atoms with van der Waals surface area (Å²) < 4.78 is 32.4. The van der Waals surface area contributed by atoms with Gasteiger partial charge in [0.15, 0.2) is 0 Å². The molecule has 26 heavy (non-hydrogen) atoms. The summed E-state index contributed by atoms with van der Waals surface area (Å²) in [5.41, 5.74) is 0.683. The summed E-state index contributed by atoms with van der Waals surface area (Å²) in [6.07, 6.45) is 1.62. The van der Waals surface area contributed by atoms with Crippen LogP contribution >= 0.6 is 0 Å². The molecular weight excluding hydrogens is 350 g/mol. The summed E-state index contributed by atoms with van der Waals surface area (Å²) in [6, 6.07) is 15.4. The fraction of sp³-hybridized carbons (Fsp3) is 0.250. The van der Waals surface area contributed by atoms with Crippen LogP contribution in [0.3, 0.4) is 0 Å². The van der Waals surface area contributed by atoms with E-state index >= 15 is 0 Å². The maximum absolute atomic E-state index is 12.9. The average Bonchev–Trinajstić information content (AvgIpc) is 2.97. The Morgan fingerprint density at radius 3 is 2.38 bits per heavy atom. The Morgan fingerprint density at radius 2 is 1.73 bits per heavy atom. The van der Waals surface area contributed by atoms with Crippen LogP contribution < -0.4 is 0 Å². The Morgan fingerprint density at radius 1 is 1.04 bits per heavy atom. The quantitative estimate of drug-likeness (QED) is 0.655.